The number of aliphatic hydroxyl groups is 1. The van der Waals surface area contributed by atoms with E-state index in [4.69, 9.17) is 5.73 Å². The topological polar surface area (TPSA) is 58.3 Å². The van der Waals surface area contributed by atoms with E-state index in [1.54, 1.807) is 6.07 Å². The van der Waals surface area contributed by atoms with Gasteiger partial charge in [-0.1, -0.05) is 37.3 Å². The van der Waals surface area contributed by atoms with Gasteiger partial charge >= 0.3 is 0 Å². The second kappa shape index (κ2) is 7.72. The zero-order valence-corrected chi connectivity index (χ0v) is 14.0. The molecular formula is C17H20BrFN2O. The summed E-state index contributed by atoms with van der Waals surface area (Å²) in [5, 5.41) is 13.4. The Morgan fingerprint density at radius 3 is 2.50 bits per heavy atom. The van der Waals surface area contributed by atoms with Gasteiger partial charge in [-0.15, -0.1) is 0 Å². The predicted octanol–water partition coefficient (Wildman–Crippen LogP) is 3.60. The van der Waals surface area contributed by atoms with Gasteiger partial charge < -0.3 is 16.2 Å². The molecule has 0 aliphatic rings. The Labute approximate surface area is 138 Å². The lowest BCUT2D eigenvalue weighted by Gasteiger charge is -2.17. The van der Waals surface area contributed by atoms with Crippen molar-refractivity contribution in [2.75, 3.05) is 18.8 Å². The van der Waals surface area contributed by atoms with Gasteiger partial charge in [0.1, 0.15) is 5.82 Å². The smallest absolute Gasteiger partial charge is 0.147 e. The number of rotatable bonds is 6. The molecule has 0 aliphatic carbocycles. The number of hydrogen-bond donors (Lipinski definition) is 3. The van der Waals surface area contributed by atoms with E-state index in [9.17, 15) is 9.50 Å². The lowest BCUT2D eigenvalue weighted by molar-refractivity contribution is 0.174. The van der Waals surface area contributed by atoms with Crippen molar-refractivity contribution >= 4 is 21.6 Å². The van der Waals surface area contributed by atoms with Crippen LogP contribution in [0.25, 0.3) is 0 Å². The summed E-state index contributed by atoms with van der Waals surface area (Å²) >= 11 is 3.19. The van der Waals surface area contributed by atoms with E-state index in [1.165, 1.54) is 11.6 Å². The van der Waals surface area contributed by atoms with E-state index < -0.39 is 11.9 Å². The van der Waals surface area contributed by atoms with E-state index in [0.29, 0.717) is 22.5 Å². The van der Waals surface area contributed by atoms with Crippen LogP contribution in [0.5, 0.6) is 0 Å². The number of benzene rings is 2. The molecule has 0 amide bonds. The van der Waals surface area contributed by atoms with Crippen molar-refractivity contribution in [3.8, 4) is 0 Å². The normalized spacial score (nSPS) is 13.8. The molecule has 0 saturated heterocycles. The number of nitrogen functional groups attached to an aromatic ring is 1. The molecule has 118 valence electrons. The fourth-order valence-corrected chi connectivity index (χ4v) is 2.70. The Balaban J connectivity index is 1.89. The van der Waals surface area contributed by atoms with Crippen LogP contribution in [0.4, 0.5) is 10.1 Å². The summed E-state index contributed by atoms with van der Waals surface area (Å²) in [6, 6.07) is 13.1. The molecule has 22 heavy (non-hydrogen) atoms. The minimum atomic E-state index is -0.783. The maximum Gasteiger partial charge on any atom is 0.147 e. The van der Waals surface area contributed by atoms with Crippen molar-refractivity contribution in [2.24, 2.45) is 0 Å². The molecule has 0 saturated carbocycles. The van der Waals surface area contributed by atoms with E-state index in [1.807, 2.05) is 18.2 Å². The fraction of sp³-hybridized carbons (Fsp3) is 0.294. The summed E-state index contributed by atoms with van der Waals surface area (Å²) in [6.45, 7) is 3.21. The van der Waals surface area contributed by atoms with Crippen molar-refractivity contribution in [3.63, 3.8) is 0 Å². The van der Waals surface area contributed by atoms with Gasteiger partial charge in [0.15, 0.2) is 0 Å². The van der Waals surface area contributed by atoms with Gasteiger partial charge in [-0.25, -0.2) is 4.39 Å². The third kappa shape index (κ3) is 4.29. The lowest BCUT2D eigenvalue weighted by atomic mass is 10.0. The molecule has 0 bridgehead atoms. The molecule has 4 N–H and O–H groups in total. The number of anilines is 1. The lowest BCUT2D eigenvalue weighted by Crippen LogP contribution is -2.25. The first-order valence-electron chi connectivity index (χ1n) is 7.17. The highest BCUT2D eigenvalue weighted by molar-refractivity contribution is 9.10. The van der Waals surface area contributed by atoms with Gasteiger partial charge in [-0.2, -0.15) is 0 Å². The van der Waals surface area contributed by atoms with Crippen molar-refractivity contribution in [1.82, 2.24) is 5.32 Å². The second-order valence-corrected chi connectivity index (χ2v) is 6.24. The fourth-order valence-electron chi connectivity index (χ4n) is 2.25. The van der Waals surface area contributed by atoms with E-state index in [2.05, 4.69) is 40.3 Å². The zero-order valence-electron chi connectivity index (χ0n) is 12.4. The van der Waals surface area contributed by atoms with E-state index in [-0.39, 0.29) is 5.69 Å². The monoisotopic (exact) mass is 366 g/mol. The van der Waals surface area contributed by atoms with E-state index in [0.717, 1.165) is 6.54 Å². The van der Waals surface area contributed by atoms with Gasteiger partial charge in [0.25, 0.3) is 0 Å². The summed E-state index contributed by atoms with van der Waals surface area (Å²) in [6.07, 6.45) is -0.783. The van der Waals surface area contributed by atoms with Crippen LogP contribution >= 0.6 is 15.9 Å². The molecule has 0 radical (unpaired) electrons. The van der Waals surface area contributed by atoms with Crippen LogP contribution in [-0.2, 0) is 0 Å². The molecule has 0 aliphatic heterocycles. The van der Waals surface area contributed by atoms with Crippen molar-refractivity contribution < 1.29 is 9.50 Å². The number of halogens is 2. The van der Waals surface area contributed by atoms with Crippen LogP contribution in [0, 0.1) is 5.82 Å². The Kier molecular flexibility index (Phi) is 5.94. The van der Waals surface area contributed by atoms with E-state index >= 15 is 0 Å². The minimum absolute atomic E-state index is 0.0570. The van der Waals surface area contributed by atoms with Gasteiger partial charge in [0.05, 0.1) is 11.8 Å². The maximum atomic E-state index is 13.6. The molecule has 5 heteroatoms. The van der Waals surface area contributed by atoms with Gasteiger partial charge in [-0.05, 0) is 45.1 Å². The number of hydrogen-bond acceptors (Lipinski definition) is 3. The van der Waals surface area contributed by atoms with Crippen LogP contribution < -0.4 is 11.1 Å². The highest BCUT2D eigenvalue weighted by atomic mass is 79.9. The summed E-state index contributed by atoms with van der Waals surface area (Å²) in [7, 11) is 0. The van der Waals surface area contributed by atoms with Gasteiger partial charge in [0, 0.05) is 17.6 Å². The molecule has 1 unspecified atom stereocenters. The quantitative estimate of drug-likeness (QED) is 0.684. The van der Waals surface area contributed by atoms with Crippen LogP contribution in [0.3, 0.4) is 0 Å². The molecule has 0 spiro atoms. The number of nitrogens with two attached hydrogens (primary N) is 1. The Hall–Kier alpha value is -1.43. The van der Waals surface area contributed by atoms with Crippen molar-refractivity contribution in [1.29, 1.82) is 0 Å². The Bertz CT molecular complexity index is 598. The van der Waals surface area contributed by atoms with Crippen LogP contribution in [0.2, 0.25) is 0 Å². The summed E-state index contributed by atoms with van der Waals surface area (Å²) in [5.74, 6) is -0.190. The highest BCUT2D eigenvalue weighted by Gasteiger charge is 2.13. The third-order valence-corrected chi connectivity index (χ3v) is 4.30. The molecule has 2 aromatic carbocycles. The van der Waals surface area contributed by atoms with Crippen molar-refractivity contribution in [2.45, 2.75) is 18.9 Å². The minimum Gasteiger partial charge on any atom is -0.395 e. The molecule has 2 aromatic rings. The molecule has 0 heterocycles. The van der Waals surface area contributed by atoms with Crippen LogP contribution in [0.1, 0.15) is 30.1 Å². The standard InChI is InChI=1S/C17H20BrFN2O/c1-11(12-5-3-2-4-6-12)9-21-10-16(22)13-7-14(18)17(20)15(19)8-13/h2-8,11,16,21-22H,9-10,20H2,1H3/t11?,16-/m0/s1. The Morgan fingerprint density at radius 2 is 1.86 bits per heavy atom. The van der Waals surface area contributed by atoms with Crippen LogP contribution in [-0.4, -0.2) is 18.2 Å². The third-order valence-electron chi connectivity index (χ3n) is 3.64. The molecule has 2 rings (SSSR count). The molecule has 3 nitrogen and oxygen atoms in total. The maximum absolute atomic E-state index is 13.6. The summed E-state index contributed by atoms with van der Waals surface area (Å²) in [4.78, 5) is 0. The van der Waals surface area contributed by atoms with Gasteiger partial charge in [0.2, 0.25) is 0 Å². The molecular weight excluding hydrogens is 347 g/mol. The summed E-state index contributed by atoms with van der Waals surface area (Å²) < 4.78 is 14.0. The zero-order chi connectivity index (χ0) is 16.1. The first kappa shape index (κ1) is 16.9. The Morgan fingerprint density at radius 1 is 1.18 bits per heavy atom. The average Bonchev–Trinajstić information content (AvgIpc) is 2.52. The molecule has 0 fully saturated rings. The highest BCUT2D eigenvalue weighted by Crippen LogP contribution is 2.27. The number of nitrogens with one attached hydrogen (secondary N) is 1. The number of aliphatic hydroxyl groups excluding tert-OH is 1. The SMILES string of the molecule is CC(CNC[C@H](O)c1cc(F)c(N)c(Br)c1)c1ccccc1. The average molecular weight is 367 g/mol. The van der Waals surface area contributed by atoms with Crippen LogP contribution in [0.15, 0.2) is 46.9 Å². The second-order valence-electron chi connectivity index (χ2n) is 5.38. The first-order chi connectivity index (χ1) is 10.5. The molecule has 2 atom stereocenters. The predicted molar refractivity (Wildman–Crippen MR) is 91.2 cm³/mol. The first-order valence-corrected chi connectivity index (χ1v) is 7.96. The molecule has 0 aromatic heterocycles. The van der Waals surface area contributed by atoms with Crippen molar-refractivity contribution in [3.05, 3.63) is 63.9 Å². The summed E-state index contributed by atoms with van der Waals surface area (Å²) in [5.41, 5.74) is 7.33. The largest absolute Gasteiger partial charge is 0.395 e. The van der Waals surface area contributed by atoms with Gasteiger partial charge in [-0.3, -0.25) is 0 Å².